The molecule has 8 heteroatoms. The predicted molar refractivity (Wildman–Crippen MR) is 124 cm³/mol. The summed E-state index contributed by atoms with van der Waals surface area (Å²) >= 11 is 0. The van der Waals surface area contributed by atoms with Crippen LogP contribution in [0.4, 0.5) is 0 Å². The number of hydrogen-bond donors (Lipinski definition) is 0. The Labute approximate surface area is 172 Å². The highest BCUT2D eigenvalue weighted by Gasteiger charge is 2.44. The Kier molecular flexibility index (Phi) is 7.84. The second kappa shape index (κ2) is 8.83. The van der Waals surface area contributed by atoms with E-state index in [1.165, 1.54) is 31.7 Å². The molecule has 1 aliphatic heterocycles. The van der Waals surface area contributed by atoms with Gasteiger partial charge in [-0.15, -0.1) is 0 Å². The van der Waals surface area contributed by atoms with Gasteiger partial charge in [0.15, 0.2) is 16.6 Å². The maximum Gasteiger partial charge on any atom is 0.321 e. The molecule has 4 unspecified atom stereocenters. The van der Waals surface area contributed by atoms with Crippen molar-refractivity contribution < 1.29 is 17.7 Å². The topological polar surface area (TPSA) is 40.2 Å². The first-order valence-electron chi connectivity index (χ1n) is 10.8. The van der Waals surface area contributed by atoms with E-state index in [0.29, 0.717) is 12.2 Å². The van der Waals surface area contributed by atoms with Crippen LogP contribution in [-0.4, -0.2) is 57.9 Å². The first-order valence-corrected chi connectivity index (χ1v) is 23.6. The molecule has 1 aliphatic carbocycles. The zero-order valence-corrected chi connectivity index (χ0v) is 23.3. The van der Waals surface area contributed by atoms with Crippen molar-refractivity contribution in [1.82, 2.24) is 0 Å². The zero-order chi connectivity index (χ0) is 20.5. The van der Waals surface area contributed by atoms with Gasteiger partial charge in [-0.05, 0) is 77.6 Å². The Morgan fingerprint density at radius 1 is 0.778 bits per heavy atom. The lowest BCUT2D eigenvalue weighted by Gasteiger charge is -2.37. The quantitative estimate of drug-likeness (QED) is 0.308. The fourth-order valence-electron chi connectivity index (χ4n) is 3.99. The summed E-state index contributed by atoms with van der Waals surface area (Å²) in [5.41, 5.74) is 0. The van der Waals surface area contributed by atoms with Crippen LogP contribution in [-0.2, 0) is 17.7 Å². The molecule has 0 aromatic carbocycles. The molecule has 0 aromatic heterocycles. The average Bonchev–Trinajstić information content (AvgIpc) is 3.25. The van der Waals surface area contributed by atoms with Crippen molar-refractivity contribution in [3.05, 3.63) is 0 Å². The van der Waals surface area contributed by atoms with Crippen LogP contribution in [0.1, 0.15) is 25.7 Å². The average molecular weight is 449 g/mol. The molecule has 0 aromatic rings. The molecule has 4 nitrogen and oxygen atoms in total. The van der Waals surface area contributed by atoms with Gasteiger partial charge < -0.3 is 17.7 Å². The molecule has 1 heterocycles. The van der Waals surface area contributed by atoms with Gasteiger partial charge >= 0.3 is 8.56 Å². The van der Waals surface area contributed by atoms with Gasteiger partial charge in [0.1, 0.15) is 8.07 Å². The fraction of sp³-hybridized carbons (Fsp3) is 1.00. The molecule has 0 radical (unpaired) electrons. The van der Waals surface area contributed by atoms with Crippen molar-refractivity contribution in [2.24, 2.45) is 5.92 Å². The SMILES string of the molecule is C[Si](CCC1CCC2OC2C1)(CO[Si](C)(C)C)CO[Si](C)(C)O[Si](C)(C)C. The van der Waals surface area contributed by atoms with Crippen LogP contribution in [0.25, 0.3) is 0 Å². The van der Waals surface area contributed by atoms with E-state index in [-0.39, 0.29) is 0 Å². The van der Waals surface area contributed by atoms with Crippen molar-refractivity contribution in [2.75, 3.05) is 12.5 Å². The third-order valence-electron chi connectivity index (χ3n) is 5.44. The van der Waals surface area contributed by atoms with E-state index < -0.39 is 33.3 Å². The third kappa shape index (κ3) is 9.37. The summed E-state index contributed by atoms with van der Waals surface area (Å²) < 4.78 is 25.1. The predicted octanol–water partition coefficient (Wildman–Crippen LogP) is 5.52. The van der Waals surface area contributed by atoms with E-state index in [0.717, 1.165) is 18.4 Å². The molecule has 2 aliphatic rings. The smallest absolute Gasteiger partial charge is 0.321 e. The van der Waals surface area contributed by atoms with Crippen LogP contribution in [0.3, 0.4) is 0 Å². The lowest BCUT2D eigenvalue weighted by atomic mass is 9.87. The molecule has 0 bridgehead atoms. The van der Waals surface area contributed by atoms with Crippen molar-refractivity contribution in [1.29, 1.82) is 0 Å². The number of epoxide rings is 1. The normalized spacial score (nSPS) is 28.6. The maximum absolute atomic E-state index is 6.53. The highest BCUT2D eigenvalue weighted by Crippen LogP contribution is 2.41. The largest absolute Gasteiger partial charge is 0.436 e. The van der Waals surface area contributed by atoms with E-state index in [9.17, 15) is 0 Å². The molecule has 0 spiro atoms. The molecular formula is C19H44O4Si4. The molecule has 2 rings (SSSR count). The van der Waals surface area contributed by atoms with Crippen LogP contribution in [0.5, 0.6) is 0 Å². The number of fused-ring (bicyclic) bond motifs is 1. The monoisotopic (exact) mass is 448 g/mol. The van der Waals surface area contributed by atoms with E-state index >= 15 is 0 Å². The minimum absolute atomic E-state index is 0.586. The van der Waals surface area contributed by atoms with Crippen LogP contribution in [0.15, 0.2) is 0 Å². The van der Waals surface area contributed by atoms with Gasteiger partial charge in [0.05, 0.1) is 12.2 Å². The van der Waals surface area contributed by atoms with Crippen molar-refractivity contribution in [3.63, 3.8) is 0 Å². The Morgan fingerprint density at radius 3 is 1.96 bits per heavy atom. The summed E-state index contributed by atoms with van der Waals surface area (Å²) in [5.74, 6) is 0.843. The highest BCUT2D eigenvalue weighted by molar-refractivity contribution is 6.83. The summed E-state index contributed by atoms with van der Waals surface area (Å²) in [6.07, 6.45) is 8.25. The Balaban J connectivity index is 1.91. The van der Waals surface area contributed by atoms with Crippen LogP contribution >= 0.6 is 0 Å². The Hall–Kier alpha value is 0.708. The van der Waals surface area contributed by atoms with Gasteiger partial charge in [0, 0.05) is 12.5 Å². The molecule has 1 saturated heterocycles. The van der Waals surface area contributed by atoms with Gasteiger partial charge in [-0.1, -0.05) is 19.0 Å². The highest BCUT2D eigenvalue weighted by atomic mass is 28.4. The molecule has 27 heavy (non-hydrogen) atoms. The fourth-order valence-corrected chi connectivity index (χ4v) is 17.5. The van der Waals surface area contributed by atoms with Gasteiger partial charge in [-0.25, -0.2) is 0 Å². The van der Waals surface area contributed by atoms with E-state index in [4.69, 9.17) is 17.7 Å². The summed E-state index contributed by atoms with van der Waals surface area (Å²) in [7, 11) is -6.76. The van der Waals surface area contributed by atoms with Gasteiger partial charge in [0.2, 0.25) is 0 Å². The summed E-state index contributed by atoms with van der Waals surface area (Å²) in [6, 6.07) is 1.30. The molecular weight excluding hydrogens is 405 g/mol. The summed E-state index contributed by atoms with van der Waals surface area (Å²) in [5, 5.41) is 0. The molecule has 1 saturated carbocycles. The standard InChI is InChI=1S/C19H44O4Si4/c1-24(2,3)20-15-27(9,16-21-26(7,8)23-25(4,5)6)13-12-17-10-11-18-19(14-17)22-18/h17-19H,10-16H2,1-9H3. The Bertz CT molecular complexity index is 489. The first kappa shape index (κ1) is 24.0. The summed E-state index contributed by atoms with van der Waals surface area (Å²) in [6.45, 7) is 20.6. The first-order chi connectivity index (χ1) is 12.2. The molecule has 0 amide bonds. The maximum atomic E-state index is 6.53. The van der Waals surface area contributed by atoms with Crippen LogP contribution in [0.2, 0.25) is 65.0 Å². The van der Waals surface area contributed by atoms with Gasteiger partial charge in [-0.2, -0.15) is 0 Å². The lowest BCUT2D eigenvalue weighted by molar-refractivity contribution is 0.277. The number of ether oxygens (including phenoxy) is 1. The third-order valence-corrected chi connectivity index (χ3v) is 15.5. The lowest BCUT2D eigenvalue weighted by Crippen LogP contribution is -2.52. The molecule has 160 valence electrons. The Morgan fingerprint density at radius 2 is 1.41 bits per heavy atom. The number of hydrogen-bond acceptors (Lipinski definition) is 4. The zero-order valence-electron chi connectivity index (χ0n) is 19.3. The minimum atomic E-state index is -2.06. The second-order valence-corrected chi connectivity index (χ2v) is 28.9. The number of rotatable bonds is 11. The van der Waals surface area contributed by atoms with E-state index in [2.05, 4.69) is 58.9 Å². The van der Waals surface area contributed by atoms with Crippen LogP contribution < -0.4 is 0 Å². The van der Waals surface area contributed by atoms with Gasteiger partial charge in [0.25, 0.3) is 0 Å². The van der Waals surface area contributed by atoms with E-state index in [1.54, 1.807) is 0 Å². The summed E-state index contributed by atoms with van der Waals surface area (Å²) in [4.78, 5) is 0. The minimum Gasteiger partial charge on any atom is -0.436 e. The van der Waals surface area contributed by atoms with Crippen molar-refractivity contribution >= 4 is 33.3 Å². The molecule has 4 atom stereocenters. The van der Waals surface area contributed by atoms with Crippen LogP contribution in [0, 0.1) is 5.92 Å². The van der Waals surface area contributed by atoms with Crippen molar-refractivity contribution in [2.45, 2.75) is 103 Å². The second-order valence-electron chi connectivity index (χ2n) is 11.5. The van der Waals surface area contributed by atoms with Gasteiger partial charge in [-0.3, -0.25) is 0 Å². The van der Waals surface area contributed by atoms with E-state index in [1.807, 2.05) is 0 Å². The molecule has 2 fully saturated rings. The van der Waals surface area contributed by atoms with Crippen molar-refractivity contribution in [3.8, 4) is 0 Å². The molecule has 0 N–H and O–H groups in total.